The van der Waals surface area contributed by atoms with Crippen molar-refractivity contribution >= 4 is 11.3 Å². The van der Waals surface area contributed by atoms with Crippen LogP contribution in [0.4, 0.5) is 0 Å². The molecule has 1 aromatic carbocycles. The lowest BCUT2D eigenvalue weighted by Crippen LogP contribution is -2.16. The van der Waals surface area contributed by atoms with Crippen LogP contribution in [-0.2, 0) is 6.42 Å². The fourth-order valence-electron chi connectivity index (χ4n) is 2.15. The molecule has 2 heteroatoms. The lowest BCUT2D eigenvalue weighted by Gasteiger charge is -2.16. The molecule has 0 aliphatic heterocycles. The van der Waals surface area contributed by atoms with Crippen LogP contribution in [0, 0.1) is 0 Å². The average molecular weight is 245 g/mol. The Hall–Kier alpha value is -1.12. The zero-order valence-corrected chi connectivity index (χ0v) is 11.3. The predicted octanol–water partition coefficient (Wildman–Crippen LogP) is 4.01. The van der Waals surface area contributed by atoms with Gasteiger partial charge in [-0.1, -0.05) is 43.7 Å². The van der Waals surface area contributed by atoms with Crippen LogP contribution in [0.25, 0.3) is 0 Å². The van der Waals surface area contributed by atoms with Crippen LogP contribution in [0.3, 0.4) is 0 Å². The number of aryl methyl sites for hydroxylation is 1. The van der Waals surface area contributed by atoms with Gasteiger partial charge in [-0.15, -0.1) is 11.3 Å². The van der Waals surface area contributed by atoms with Crippen LogP contribution in [0.5, 0.6) is 0 Å². The van der Waals surface area contributed by atoms with E-state index in [0.29, 0.717) is 6.04 Å². The maximum Gasteiger partial charge on any atom is 0.0668 e. The van der Waals surface area contributed by atoms with Gasteiger partial charge < -0.3 is 5.32 Å². The van der Waals surface area contributed by atoms with Crippen molar-refractivity contribution in [1.82, 2.24) is 5.32 Å². The van der Waals surface area contributed by atoms with Gasteiger partial charge in [-0.25, -0.2) is 0 Å². The molecule has 0 amide bonds. The summed E-state index contributed by atoms with van der Waals surface area (Å²) < 4.78 is 0. The fourth-order valence-corrected chi connectivity index (χ4v) is 3.01. The summed E-state index contributed by atoms with van der Waals surface area (Å²) in [6.07, 6.45) is 2.36. The molecule has 17 heavy (non-hydrogen) atoms. The van der Waals surface area contributed by atoms with Crippen LogP contribution in [0.15, 0.2) is 41.8 Å². The monoisotopic (exact) mass is 245 g/mol. The number of thiophene rings is 1. The minimum atomic E-state index is 0.326. The Bertz CT molecular complexity index is 448. The third kappa shape index (κ3) is 2.96. The molecule has 90 valence electrons. The van der Waals surface area contributed by atoms with Gasteiger partial charge in [-0.3, -0.25) is 0 Å². The van der Waals surface area contributed by atoms with Crippen LogP contribution >= 0.6 is 11.3 Å². The number of benzene rings is 1. The van der Waals surface area contributed by atoms with Crippen molar-refractivity contribution in [3.63, 3.8) is 0 Å². The first kappa shape index (κ1) is 12.3. The molecular weight excluding hydrogens is 226 g/mol. The normalized spacial score (nSPS) is 12.6. The third-order valence-corrected chi connectivity index (χ3v) is 3.88. The molecule has 0 aliphatic carbocycles. The zero-order chi connectivity index (χ0) is 12.1. The molecule has 0 saturated carbocycles. The highest BCUT2D eigenvalue weighted by Crippen LogP contribution is 2.26. The van der Waals surface area contributed by atoms with Crippen molar-refractivity contribution in [2.24, 2.45) is 0 Å². The summed E-state index contributed by atoms with van der Waals surface area (Å²) in [5, 5.41) is 5.53. The van der Waals surface area contributed by atoms with Crippen molar-refractivity contribution in [3.8, 4) is 0 Å². The molecule has 1 nitrogen and oxygen atoms in total. The van der Waals surface area contributed by atoms with Crippen molar-refractivity contribution in [2.75, 3.05) is 7.05 Å². The largest absolute Gasteiger partial charge is 0.309 e. The van der Waals surface area contributed by atoms with E-state index >= 15 is 0 Å². The fraction of sp³-hybridized carbons (Fsp3) is 0.333. The van der Waals surface area contributed by atoms with Crippen molar-refractivity contribution < 1.29 is 0 Å². The highest BCUT2D eigenvalue weighted by atomic mass is 32.1. The first-order chi connectivity index (χ1) is 8.35. The van der Waals surface area contributed by atoms with Crippen LogP contribution < -0.4 is 5.32 Å². The maximum atomic E-state index is 3.40. The molecule has 0 radical (unpaired) electrons. The summed E-state index contributed by atoms with van der Waals surface area (Å²) in [4.78, 5) is 1.38. The summed E-state index contributed by atoms with van der Waals surface area (Å²) in [5.41, 5.74) is 2.79. The van der Waals surface area contributed by atoms with E-state index in [0.717, 1.165) is 6.42 Å². The first-order valence-corrected chi connectivity index (χ1v) is 7.02. The van der Waals surface area contributed by atoms with E-state index in [2.05, 4.69) is 54.0 Å². The quantitative estimate of drug-likeness (QED) is 0.839. The smallest absolute Gasteiger partial charge is 0.0668 e. The molecule has 1 aromatic heterocycles. The molecule has 0 saturated heterocycles. The Labute approximate surface area is 108 Å². The van der Waals surface area contributed by atoms with Gasteiger partial charge in [0.25, 0.3) is 0 Å². The lowest BCUT2D eigenvalue weighted by molar-refractivity contribution is 0.702. The van der Waals surface area contributed by atoms with Gasteiger partial charge >= 0.3 is 0 Å². The molecule has 0 spiro atoms. The molecular formula is C15H19NS. The lowest BCUT2D eigenvalue weighted by atomic mass is 10.0. The molecule has 0 aliphatic rings. The van der Waals surface area contributed by atoms with Gasteiger partial charge in [-0.2, -0.15) is 0 Å². The summed E-state index contributed by atoms with van der Waals surface area (Å²) in [6, 6.07) is 13.5. The van der Waals surface area contributed by atoms with E-state index in [9.17, 15) is 0 Å². The summed E-state index contributed by atoms with van der Waals surface area (Å²) in [6.45, 7) is 2.22. The van der Waals surface area contributed by atoms with Crippen molar-refractivity contribution in [2.45, 2.75) is 25.8 Å². The molecule has 0 bridgehead atoms. The van der Waals surface area contributed by atoms with Crippen LogP contribution in [-0.4, -0.2) is 7.05 Å². The SMILES string of the molecule is CCCc1cccc(C(NC)c2cccs2)c1. The van der Waals surface area contributed by atoms with Gasteiger partial charge in [-0.05, 0) is 36.0 Å². The van der Waals surface area contributed by atoms with Crippen LogP contribution in [0.2, 0.25) is 0 Å². The third-order valence-electron chi connectivity index (χ3n) is 2.94. The minimum absolute atomic E-state index is 0.326. The zero-order valence-electron chi connectivity index (χ0n) is 10.4. The Kier molecular flexibility index (Phi) is 4.35. The molecule has 2 aromatic rings. The molecule has 1 N–H and O–H groups in total. The highest BCUT2D eigenvalue weighted by molar-refractivity contribution is 7.10. The molecule has 1 unspecified atom stereocenters. The van der Waals surface area contributed by atoms with E-state index in [4.69, 9.17) is 0 Å². The van der Waals surface area contributed by atoms with Crippen molar-refractivity contribution in [3.05, 3.63) is 57.8 Å². The van der Waals surface area contributed by atoms with Gasteiger partial charge in [0.1, 0.15) is 0 Å². The van der Waals surface area contributed by atoms with E-state index < -0.39 is 0 Å². The molecule has 0 fully saturated rings. The second kappa shape index (κ2) is 5.99. The molecule has 1 atom stereocenters. The number of hydrogen-bond acceptors (Lipinski definition) is 2. The Balaban J connectivity index is 2.28. The average Bonchev–Trinajstić information content (AvgIpc) is 2.85. The summed E-state index contributed by atoms with van der Waals surface area (Å²) in [5.74, 6) is 0. The van der Waals surface area contributed by atoms with Gasteiger partial charge in [0, 0.05) is 4.88 Å². The second-order valence-electron chi connectivity index (χ2n) is 4.23. The molecule has 2 rings (SSSR count). The number of hydrogen-bond donors (Lipinski definition) is 1. The van der Waals surface area contributed by atoms with Crippen LogP contribution in [0.1, 0.15) is 35.4 Å². The van der Waals surface area contributed by atoms with Gasteiger partial charge in [0.05, 0.1) is 6.04 Å². The minimum Gasteiger partial charge on any atom is -0.309 e. The number of nitrogens with one attached hydrogen (secondary N) is 1. The summed E-state index contributed by atoms with van der Waals surface area (Å²) in [7, 11) is 2.02. The van der Waals surface area contributed by atoms with Crippen molar-refractivity contribution in [1.29, 1.82) is 0 Å². The van der Waals surface area contributed by atoms with Gasteiger partial charge in [0.15, 0.2) is 0 Å². The van der Waals surface area contributed by atoms with E-state index in [-0.39, 0.29) is 0 Å². The number of rotatable bonds is 5. The Morgan fingerprint density at radius 2 is 2.12 bits per heavy atom. The standard InChI is InChI=1S/C15H19NS/c1-3-6-12-7-4-8-13(11-12)15(16-2)14-9-5-10-17-14/h4-5,7-11,15-16H,3,6H2,1-2H3. The predicted molar refractivity (Wildman–Crippen MR) is 75.7 cm³/mol. The van der Waals surface area contributed by atoms with E-state index in [1.54, 1.807) is 0 Å². The molecule has 1 heterocycles. The Morgan fingerprint density at radius 1 is 1.24 bits per heavy atom. The topological polar surface area (TPSA) is 12.0 Å². The second-order valence-corrected chi connectivity index (χ2v) is 5.21. The van der Waals surface area contributed by atoms with E-state index in [1.165, 1.54) is 22.4 Å². The van der Waals surface area contributed by atoms with E-state index in [1.807, 2.05) is 18.4 Å². The first-order valence-electron chi connectivity index (χ1n) is 6.14. The summed E-state index contributed by atoms with van der Waals surface area (Å²) >= 11 is 1.81. The van der Waals surface area contributed by atoms with Gasteiger partial charge in [0.2, 0.25) is 0 Å². The maximum absolute atomic E-state index is 3.40. The highest BCUT2D eigenvalue weighted by Gasteiger charge is 2.12. The Morgan fingerprint density at radius 3 is 2.76 bits per heavy atom.